The van der Waals surface area contributed by atoms with Gasteiger partial charge in [-0.3, -0.25) is 0 Å². The molecule has 0 aliphatic heterocycles. The molecular formula is C27H37NO4Si. The van der Waals surface area contributed by atoms with Crippen molar-refractivity contribution < 1.29 is 19.4 Å². The first-order valence-electron chi connectivity index (χ1n) is 11.5. The molecule has 0 fully saturated rings. The molecule has 0 spiro atoms. The summed E-state index contributed by atoms with van der Waals surface area (Å²) in [4.78, 5) is 10.8. The van der Waals surface area contributed by atoms with Gasteiger partial charge in [0.25, 0.3) is 0 Å². The van der Waals surface area contributed by atoms with Crippen LogP contribution in [0.25, 0.3) is 10.9 Å². The van der Waals surface area contributed by atoms with Gasteiger partial charge in [-0.1, -0.05) is 47.7 Å². The molecule has 0 saturated heterocycles. The molecule has 1 aromatic heterocycles. The fourth-order valence-corrected chi connectivity index (χ4v) is 5.98. The van der Waals surface area contributed by atoms with Crippen LogP contribution in [0.1, 0.15) is 57.2 Å². The Morgan fingerprint density at radius 2 is 1.67 bits per heavy atom. The van der Waals surface area contributed by atoms with Crippen LogP contribution in [0.5, 0.6) is 17.2 Å². The zero-order chi connectivity index (χ0) is 24.7. The number of aromatic nitrogens is 1. The van der Waals surface area contributed by atoms with Gasteiger partial charge in [0, 0.05) is 10.9 Å². The lowest BCUT2D eigenvalue weighted by atomic mass is 10.0. The third kappa shape index (κ3) is 4.96. The van der Waals surface area contributed by atoms with Gasteiger partial charge < -0.3 is 18.8 Å². The first-order chi connectivity index (χ1) is 15.2. The summed E-state index contributed by atoms with van der Waals surface area (Å²) in [7, 11) is -1.78. The van der Waals surface area contributed by atoms with Crippen LogP contribution in [0.15, 0.2) is 36.5 Å². The van der Waals surface area contributed by atoms with E-state index in [1.807, 2.05) is 32.0 Å². The third-order valence-corrected chi connectivity index (χ3v) is 12.1. The molecule has 1 heterocycles. The SMILES string of the molecule is Cc1cc(OCC(=O)O)cc(C)c1Oc1ccc2c(c1)c(C(C)C)cn2[Si](C)(C)C(C)(C)C. The smallest absolute Gasteiger partial charge is 0.341 e. The van der Waals surface area contributed by atoms with Crippen LogP contribution in [-0.2, 0) is 4.79 Å². The van der Waals surface area contributed by atoms with Crippen LogP contribution in [-0.4, -0.2) is 30.2 Å². The molecule has 0 radical (unpaired) electrons. The topological polar surface area (TPSA) is 60.7 Å². The van der Waals surface area contributed by atoms with Crippen molar-refractivity contribution in [2.45, 2.75) is 72.5 Å². The average molecular weight is 468 g/mol. The fourth-order valence-electron chi connectivity index (χ4n) is 4.00. The summed E-state index contributed by atoms with van der Waals surface area (Å²) in [5.41, 5.74) is 4.41. The lowest BCUT2D eigenvalue weighted by Crippen LogP contribution is -2.44. The highest BCUT2D eigenvalue weighted by atomic mass is 28.3. The van der Waals surface area contributed by atoms with Crippen molar-refractivity contribution in [3.8, 4) is 17.2 Å². The first-order valence-corrected chi connectivity index (χ1v) is 14.5. The minimum Gasteiger partial charge on any atom is -0.482 e. The Morgan fingerprint density at radius 3 is 2.18 bits per heavy atom. The van der Waals surface area contributed by atoms with Crippen LogP contribution in [0.3, 0.4) is 0 Å². The summed E-state index contributed by atoms with van der Waals surface area (Å²) in [6.45, 7) is 19.9. The second-order valence-corrected chi connectivity index (χ2v) is 15.9. The minimum absolute atomic E-state index is 0.223. The van der Waals surface area contributed by atoms with Crippen LogP contribution >= 0.6 is 0 Å². The van der Waals surface area contributed by atoms with Crippen molar-refractivity contribution in [2.24, 2.45) is 0 Å². The number of benzene rings is 2. The summed E-state index contributed by atoms with van der Waals surface area (Å²) in [5.74, 6) is 1.51. The van der Waals surface area contributed by atoms with Crippen LogP contribution in [0, 0.1) is 13.8 Å². The number of aliphatic carboxylic acids is 1. The van der Waals surface area contributed by atoms with Crippen molar-refractivity contribution in [1.29, 1.82) is 0 Å². The number of hydrogen-bond acceptors (Lipinski definition) is 3. The predicted octanol–water partition coefficient (Wildman–Crippen LogP) is 7.49. The zero-order valence-electron chi connectivity index (χ0n) is 21.4. The van der Waals surface area contributed by atoms with E-state index in [0.29, 0.717) is 11.7 Å². The molecule has 0 unspecified atom stereocenters. The molecule has 2 aromatic carbocycles. The maximum Gasteiger partial charge on any atom is 0.341 e. The van der Waals surface area contributed by atoms with Crippen molar-refractivity contribution >= 4 is 25.1 Å². The molecule has 5 nitrogen and oxygen atoms in total. The minimum atomic E-state index is -1.78. The first kappa shape index (κ1) is 24.9. The standard InChI is InChI=1S/C27H37NO4Si/c1-17(2)23-15-28(33(8,9)27(5,6)7)24-11-10-20(14-22(23)24)32-26-18(3)12-21(13-19(26)4)31-16-25(29)30/h10-15,17H,16H2,1-9H3,(H,29,30). The lowest BCUT2D eigenvalue weighted by Gasteiger charge is -2.38. The van der Waals surface area contributed by atoms with Gasteiger partial charge in [-0.15, -0.1) is 0 Å². The maximum absolute atomic E-state index is 10.8. The number of fused-ring (bicyclic) bond motifs is 1. The molecule has 0 atom stereocenters. The van der Waals surface area contributed by atoms with Gasteiger partial charge in [-0.25, -0.2) is 4.79 Å². The summed E-state index contributed by atoms with van der Waals surface area (Å²) in [6, 6.07) is 10.0. The number of carboxylic acid groups (broad SMARTS) is 1. The van der Waals surface area contributed by atoms with Gasteiger partial charge in [-0.2, -0.15) is 0 Å². The van der Waals surface area contributed by atoms with E-state index in [0.717, 1.165) is 22.6 Å². The number of ether oxygens (including phenoxy) is 2. The maximum atomic E-state index is 10.8. The molecule has 1 N–H and O–H groups in total. The van der Waals surface area contributed by atoms with E-state index in [9.17, 15) is 4.79 Å². The summed E-state index contributed by atoms with van der Waals surface area (Å²) in [5, 5.41) is 10.3. The molecule has 3 aromatic rings. The van der Waals surface area contributed by atoms with E-state index in [4.69, 9.17) is 14.6 Å². The van der Waals surface area contributed by atoms with Gasteiger partial charge in [0.05, 0.1) is 0 Å². The molecule has 3 rings (SSSR count). The molecule has 6 heteroatoms. The van der Waals surface area contributed by atoms with E-state index in [1.165, 1.54) is 16.5 Å². The van der Waals surface area contributed by atoms with E-state index in [2.05, 4.69) is 70.3 Å². The number of aryl methyl sites for hydroxylation is 2. The highest BCUT2D eigenvalue weighted by molar-refractivity contribution is 6.79. The molecule has 0 aliphatic carbocycles. The normalized spacial score (nSPS) is 12.4. The Hall–Kier alpha value is -2.73. The van der Waals surface area contributed by atoms with Crippen molar-refractivity contribution in [1.82, 2.24) is 4.23 Å². The Bertz CT molecular complexity index is 1160. The Balaban J connectivity index is 2.03. The number of nitrogens with zero attached hydrogens (tertiary/aromatic N) is 1. The van der Waals surface area contributed by atoms with E-state index in [1.54, 1.807) is 0 Å². The summed E-state index contributed by atoms with van der Waals surface area (Å²) in [6.07, 6.45) is 2.36. The van der Waals surface area contributed by atoms with Gasteiger partial charge >= 0.3 is 5.97 Å². The molecule has 0 amide bonds. The van der Waals surface area contributed by atoms with Gasteiger partial charge in [0.15, 0.2) is 14.8 Å². The van der Waals surface area contributed by atoms with Crippen molar-refractivity contribution in [3.05, 3.63) is 53.2 Å². The van der Waals surface area contributed by atoms with Crippen LogP contribution in [0.4, 0.5) is 0 Å². The Kier molecular flexibility index (Phi) is 6.71. The Morgan fingerprint density at radius 1 is 1.06 bits per heavy atom. The largest absolute Gasteiger partial charge is 0.482 e. The molecule has 178 valence electrons. The number of hydrogen-bond donors (Lipinski definition) is 1. The zero-order valence-corrected chi connectivity index (χ0v) is 22.4. The monoisotopic (exact) mass is 467 g/mol. The summed E-state index contributed by atoms with van der Waals surface area (Å²) < 4.78 is 14.2. The Labute approximate surface area is 198 Å². The van der Waals surface area contributed by atoms with E-state index < -0.39 is 14.2 Å². The molecule has 0 aliphatic rings. The fraction of sp³-hybridized carbons (Fsp3) is 0.444. The predicted molar refractivity (Wildman–Crippen MR) is 138 cm³/mol. The van der Waals surface area contributed by atoms with Crippen molar-refractivity contribution in [3.63, 3.8) is 0 Å². The molecule has 33 heavy (non-hydrogen) atoms. The van der Waals surface area contributed by atoms with E-state index in [-0.39, 0.29) is 11.6 Å². The second-order valence-electron chi connectivity index (χ2n) is 10.8. The molecule has 0 saturated carbocycles. The quantitative estimate of drug-likeness (QED) is 0.366. The molecular weight excluding hydrogens is 430 g/mol. The molecule has 0 bridgehead atoms. The van der Waals surface area contributed by atoms with E-state index >= 15 is 0 Å². The number of rotatable bonds is 7. The van der Waals surface area contributed by atoms with Gasteiger partial charge in [-0.05, 0) is 78.0 Å². The van der Waals surface area contributed by atoms with Gasteiger partial charge in [0.2, 0.25) is 0 Å². The highest BCUT2D eigenvalue weighted by Crippen LogP contribution is 2.42. The lowest BCUT2D eigenvalue weighted by molar-refractivity contribution is -0.139. The summed E-state index contributed by atoms with van der Waals surface area (Å²) >= 11 is 0. The average Bonchev–Trinajstić information content (AvgIpc) is 3.08. The number of carboxylic acids is 1. The second kappa shape index (κ2) is 8.90. The number of carbonyl (C=O) groups is 1. The van der Waals surface area contributed by atoms with Crippen LogP contribution in [0.2, 0.25) is 18.1 Å². The van der Waals surface area contributed by atoms with Crippen molar-refractivity contribution in [2.75, 3.05) is 6.61 Å². The van der Waals surface area contributed by atoms with Gasteiger partial charge in [0.1, 0.15) is 17.2 Å². The highest BCUT2D eigenvalue weighted by Gasteiger charge is 2.38. The van der Waals surface area contributed by atoms with Crippen LogP contribution < -0.4 is 9.47 Å². The third-order valence-electron chi connectivity index (χ3n) is 6.88.